The van der Waals surface area contributed by atoms with E-state index < -0.39 is 0 Å². The highest BCUT2D eigenvalue weighted by atomic mass is 35.5. The first-order valence-corrected chi connectivity index (χ1v) is 5.11. The zero-order valence-electron chi connectivity index (χ0n) is 7.36. The monoisotopic (exact) mass is 226 g/mol. The summed E-state index contributed by atoms with van der Waals surface area (Å²) >= 11 is 7.21. The van der Waals surface area contributed by atoms with Gasteiger partial charge in [-0.15, -0.1) is 0 Å². The van der Waals surface area contributed by atoms with E-state index in [1.807, 2.05) is 7.05 Å². The second-order valence-corrected chi connectivity index (χ2v) is 3.86. The highest BCUT2D eigenvalue weighted by Crippen LogP contribution is 2.27. The smallest absolute Gasteiger partial charge is 0.222 e. The largest absolute Gasteiger partial charge is 0.365 e. The van der Waals surface area contributed by atoms with Crippen LogP contribution in [-0.2, 0) is 0 Å². The molecule has 6 heteroatoms. The van der Waals surface area contributed by atoms with Crippen LogP contribution in [0.4, 0.5) is 5.13 Å². The maximum atomic E-state index is 5.68. The number of aromatic nitrogens is 3. The predicted molar refractivity (Wildman–Crippen MR) is 57.7 cm³/mol. The van der Waals surface area contributed by atoms with Crippen LogP contribution in [0.25, 0.3) is 10.6 Å². The molecule has 72 valence electrons. The van der Waals surface area contributed by atoms with Crippen LogP contribution in [0.5, 0.6) is 0 Å². The van der Waals surface area contributed by atoms with Gasteiger partial charge < -0.3 is 5.32 Å². The molecule has 0 aromatic carbocycles. The van der Waals surface area contributed by atoms with E-state index in [0.717, 1.165) is 15.7 Å². The van der Waals surface area contributed by atoms with Crippen molar-refractivity contribution < 1.29 is 0 Å². The summed E-state index contributed by atoms with van der Waals surface area (Å²) in [6.45, 7) is 0. The lowest BCUT2D eigenvalue weighted by Crippen LogP contribution is -1.83. The molecule has 4 nitrogen and oxygen atoms in total. The average Bonchev–Trinajstić information content (AvgIpc) is 2.66. The third-order valence-corrected chi connectivity index (χ3v) is 2.82. The normalized spacial score (nSPS) is 10.1. The van der Waals surface area contributed by atoms with Crippen LogP contribution in [0.2, 0.25) is 5.28 Å². The Bertz CT molecular complexity index is 442. The maximum absolute atomic E-state index is 5.68. The molecule has 2 rings (SSSR count). The Hall–Kier alpha value is -1.20. The van der Waals surface area contributed by atoms with Crippen LogP contribution in [0.15, 0.2) is 18.5 Å². The summed E-state index contributed by atoms with van der Waals surface area (Å²) in [6.07, 6.45) is 3.39. The van der Waals surface area contributed by atoms with Crippen molar-refractivity contribution in [1.29, 1.82) is 0 Å². The van der Waals surface area contributed by atoms with Crippen molar-refractivity contribution in [3.63, 3.8) is 0 Å². The summed E-state index contributed by atoms with van der Waals surface area (Å²) in [5, 5.41) is 4.07. The third kappa shape index (κ3) is 1.83. The Morgan fingerprint density at radius 3 is 2.93 bits per heavy atom. The SMILES string of the molecule is CNc1ncc(-c2ccnc(Cl)n2)s1. The van der Waals surface area contributed by atoms with Gasteiger partial charge in [-0.3, -0.25) is 0 Å². The Balaban J connectivity index is 2.39. The minimum absolute atomic E-state index is 0.252. The van der Waals surface area contributed by atoms with Crippen molar-refractivity contribution >= 4 is 28.1 Å². The van der Waals surface area contributed by atoms with Gasteiger partial charge in [0.05, 0.1) is 10.6 Å². The second kappa shape index (κ2) is 3.89. The van der Waals surface area contributed by atoms with E-state index in [1.165, 1.54) is 11.3 Å². The molecule has 1 N–H and O–H groups in total. The van der Waals surface area contributed by atoms with Gasteiger partial charge in [-0.2, -0.15) is 0 Å². The molecule has 14 heavy (non-hydrogen) atoms. The van der Waals surface area contributed by atoms with E-state index in [0.29, 0.717) is 0 Å². The van der Waals surface area contributed by atoms with E-state index in [9.17, 15) is 0 Å². The molecule has 0 aliphatic heterocycles. The third-order valence-electron chi connectivity index (χ3n) is 1.60. The molecule has 0 unspecified atom stereocenters. The van der Waals surface area contributed by atoms with Gasteiger partial charge in [0.25, 0.3) is 0 Å². The van der Waals surface area contributed by atoms with Gasteiger partial charge in [0.15, 0.2) is 5.13 Å². The first-order chi connectivity index (χ1) is 6.79. The van der Waals surface area contributed by atoms with Crippen LogP contribution in [-0.4, -0.2) is 22.0 Å². The van der Waals surface area contributed by atoms with Crippen molar-refractivity contribution in [2.75, 3.05) is 12.4 Å². The summed E-state index contributed by atoms with van der Waals surface area (Å²) in [7, 11) is 1.83. The van der Waals surface area contributed by atoms with Gasteiger partial charge in [0, 0.05) is 19.4 Å². The van der Waals surface area contributed by atoms with Gasteiger partial charge in [-0.25, -0.2) is 15.0 Å². The minimum atomic E-state index is 0.252. The molecule has 0 saturated carbocycles. The zero-order valence-corrected chi connectivity index (χ0v) is 8.93. The summed E-state index contributed by atoms with van der Waals surface area (Å²) < 4.78 is 0. The number of rotatable bonds is 2. The molecule has 0 spiro atoms. The first kappa shape index (κ1) is 9.36. The van der Waals surface area contributed by atoms with E-state index >= 15 is 0 Å². The number of nitrogens with one attached hydrogen (secondary N) is 1. The number of hydrogen-bond donors (Lipinski definition) is 1. The van der Waals surface area contributed by atoms with Crippen molar-refractivity contribution in [3.8, 4) is 10.6 Å². The van der Waals surface area contributed by atoms with Crippen LogP contribution < -0.4 is 5.32 Å². The van der Waals surface area contributed by atoms with Crippen molar-refractivity contribution in [1.82, 2.24) is 15.0 Å². The summed E-state index contributed by atoms with van der Waals surface area (Å²) in [4.78, 5) is 13.0. The molecule has 0 aliphatic rings. The van der Waals surface area contributed by atoms with E-state index in [2.05, 4.69) is 20.3 Å². The van der Waals surface area contributed by atoms with Gasteiger partial charge in [-0.05, 0) is 17.7 Å². The molecule has 2 aromatic rings. The fraction of sp³-hybridized carbons (Fsp3) is 0.125. The lowest BCUT2D eigenvalue weighted by atomic mass is 10.4. The van der Waals surface area contributed by atoms with Gasteiger partial charge in [0.1, 0.15) is 0 Å². The highest BCUT2D eigenvalue weighted by Gasteiger charge is 2.04. The van der Waals surface area contributed by atoms with Crippen LogP contribution in [0, 0.1) is 0 Å². The summed E-state index contributed by atoms with van der Waals surface area (Å²) in [6, 6.07) is 1.80. The van der Waals surface area contributed by atoms with Gasteiger partial charge >= 0.3 is 0 Å². The number of nitrogens with zero attached hydrogens (tertiary/aromatic N) is 3. The first-order valence-electron chi connectivity index (χ1n) is 3.92. The molecule has 0 radical (unpaired) electrons. The Labute approximate surface area is 90.0 Å². The van der Waals surface area contributed by atoms with Crippen LogP contribution in [0.1, 0.15) is 0 Å². The standard InChI is InChI=1S/C8H7ClN4S/c1-10-8-12-4-6(14-8)5-2-3-11-7(9)13-5/h2-4H,1H3,(H,10,12). The van der Waals surface area contributed by atoms with Gasteiger partial charge in [-0.1, -0.05) is 11.3 Å². The average molecular weight is 227 g/mol. The van der Waals surface area contributed by atoms with E-state index in [-0.39, 0.29) is 5.28 Å². The number of thiazole rings is 1. The fourth-order valence-electron chi connectivity index (χ4n) is 0.980. The lowest BCUT2D eigenvalue weighted by Gasteiger charge is -1.94. The molecule has 0 amide bonds. The number of hydrogen-bond acceptors (Lipinski definition) is 5. The van der Waals surface area contributed by atoms with Crippen molar-refractivity contribution in [2.45, 2.75) is 0 Å². The summed E-state index contributed by atoms with van der Waals surface area (Å²) in [5.74, 6) is 0. The van der Waals surface area contributed by atoms with Gasteiger partial charge in [0.2, 0.25) is 5.28 Å². The Morgan fingerprint density at radius 1 is 1.43 bits per heavy atom. The quantitative estimate of drug-likeness (QED) is 0.799. The Kier molecular flexibility index (Phi) is 2.60. The fourth-order valence-corrected chi connectivity index (χ4v) is 1.87. The lowest BCUT2D eigenvalue weighted by molar-refractivity contribution is 1.17. The van der Waals surface area contributed by atoms with Crippen molar-refractivity contribution in [3.05, 3.63) is 23.7 Å². The maximum Gasteiger partial charge on any atom is 0.222 e. The molecule has 2 heterocycles. The molecule has 0 aliphatic carbocycles. The number of anilines is 1. The Morgan fingerprint density at radius 2 is 2.29 bits per heavy atom. The number of halogens is 1. The van der Waals surface area contributed by atoms with Crippen LogP contribution >= 0.6 is 22.9 Å². The van der Waals surface area contributed by atoms with E-state index in [4.69, 9.17) is 11.6 Å². The topological polar surface area (TPSA) is 50.7 Å². The molecular formula is C8H7ClN4S. The van der Waals surface area contributed by atoms with E-state index in [1.54, 1.807) is 18.5 Å². The molecule has 0 atom stereocenters. The summed E-state index contributed by atoms with van der Waals surface area (Å²) in [5.41, 5.74) is 0.795. The van der Waals surface area contributed by atoms with Crippen LogP contribution in [0.3, 0.4) is 0 Å². The molecular weight excluding hydrogens is 220 g/mol. The highest BCUT2D eigenvalue weighted by molar-refractivity contribution is 7.18. The minimum Gasteiger partial charge on any atom is -0.365 e. The molecule has 0 bridgehead atoms. The molecule has 2 aromatic heterocycles. The molecule has 0 fully saturated rings. The predicted octanol–water partition coefficient (Wildman–Crippen LogP) is 2.30. The van der Waals surface area contributed by atoms with Crippen molar-refractivity contribution in [2.24, 2.45) is 0 Å². The zero-order chi connectivity index (χ0) is 9.97. The second-order valence-electron chi connectivity index (χ2n) is 2.49. The molecule has 0 saturated heterocycles.